The number of halogens is 2. The number of alkyl halides is 2. The zero-order chi connectivity index (χ0) is 14.8. The number of hydrogen-bond donors (Lipinski definition) is 0. The van der Waals surface area contributed by atoms with E-state index in [1.165, 1.54) is 12.1 Å². The molecule has 0 aromatic carbocycles. The Labute approximate surface area is 121 Å². The van der Waals surface area contributed by atoms with E-state index < -0.39 is 6.67 Å². The summed E-state index contributed by atoms with van der Waals surface area (Å²) < 4.78 is 27.6. The Morgan fingerprint density at radius 3 is 1.65 bits per heavy atom. The third kappa shape index (κ3) is 6.38. The third-order valence-electron chi connectivity index (χ3n) is 2.41. The topological polar surface area (TPSA) is 26.9 Å². The lowest BCUT2D eigenvalue weighted by Crippen LogP contribution is -2.04. The van der Waals surface area contributed by atoms with Crippen molar-refractivity contribution in [3.8, 4) is 0 Å². The molecule has 0 amide bonds. The van der Waals surface area contributed by atoms with Crippen LogP contribution in [0.25, 0.3) is 0 Å². The average molecular weight is 298 g/mol. The molecule has 2 heterocycles. The smallest absolute Gasteiger partial charge is 0.181 e. The van der Waals surface area contributed by atoms with Gasteiger partial charge in [-0.2, -0.15) is 0 Å². The van der Waals surface area contributed by atoms with E-state index in [0.29, 0.717) is 13.1 Å². The molecule has 2 aromatic heterocycles. The largest absolute Gasteiger partial charge is 0.352 e. The maximum absolute atomic E-state index is 11.7. The minimum Gasteiger partial charge on any atom is -0.352 e. The second-order valence-corrected chi connectivity index (χ2v) is 4.39. The molecule has 0 bridgehead atoms. The highest BCUT2D eigenvalue weighted by Crippen LogP contribution is 1.91. The molecule has 108 valence electrons. The van der Waals surface area contributed by atoms with Gasteiger partial charge in [-0.25, -0.2) is 8.78 Å². The van der Waals surface area contributed by atoms with E-state index in [1.54, 1.807) is 46.1 Å². The summed E-state index contributed by atoms with van der Waals surface area (Å²) in [5.74, 6) is 0. The Morgan fingerprint density at radius 2 is 1.25 bits per heavy atom. The molecular weight excluding hydrogens is 282 g/mol. The van der Waals surface area contributed by atoms with Crippen LogP contribution in [0, 0.1) is 4.51 Å². The molecule has 0 spiro atoms. The van der Waals surface area contributed by atoms with Gasteiger partial charge in [0.15, 0.2) is 5.43 Å². The van der Waals surface area contributed by atoms with E-state index in [9.17, 15) is 13.6 Å². The summed E-state index contributed by atoms with van der Waals surface area (Å²) in [4.78, 5) is 10.5. The van der Waals surface area contributed by atoms with E-state index in [4.69, 9.17) is 12.2 Å². The van der Waals surface area contributed by atoms with Crippen molar-refractivity contribution < 1.29 is 8.78 Å². The third-order valence-corrected chi connectivity index (χ3v) is 2.68. The van der Waals surface area contributed by atoms with E-state index in [-0.39, 0.29) is 12.1 Å². The van der Waals surface area contributed by atoms with Gasteiger partial charge in [-0.3, -0.25) is 4.79 Å². The number of hydrogen-bond acceptors (Lipinski definition) is 2. The molecule has 0 fully saturated rings. The molecule has 0 saturated heterocycles. The Hall–Kier alpha value is -1.82. The van der Waals surface area contributed by atoms with Crippen LogP contribution in [0.5, 0.6) is 0 Å². The molecule has 0 saturated carbocycles. The summed E-state index contributed by atoms with van der Waals surface area (Å²) >= 11 is 4.85. The summed E-state index contributed by atoms with van der Waals surface area (Å²) in [5, 5.41) is 0. The average Bonchev–Trinajstić information content (AvgIpc) is 2.45. The van der Waals surface area contributed by atoms with Gasteiger partial charge >= 0.3 is 0 Å². The van der Waals surface area contributed by atoms with E-state index in [1.807, 2.05) is 0 Å². The monoisotopic (exact) mass is 298 g/mol. The maximum atomic E-state index is 11.7. The van der Waals surface area contributed by atoms with Crippen LogP contribution in [-0.2, 0) is 13.1 Å². The highest BCUT2D eigenvalue weighted by atomic mass is 32.1. The minimum absolute atomic E-state index is 0.0462. The molecule has 2 aromatic rings. The number of nitrogens with zero attached hydrogens (tertiary/aromatic N) is 2. The number of pyridine rings is 2. The molecule has 2 rings (SSSR count). The van der Waals surface area contributed by atoms with Gasteiger partial charge in [0.2, 0.25) is 0 Å². The fourth-order valence-electron chi connectivity index (χ4n) is 1.38. The molecule has 6 heteroatoms. The van der Waals surface area contributed by atoms with Gasteiger partial charge in [-0.15, -0.1) is 0 Å². The van der Waals surface area contributed by atoms with Gasteiger partial charge in [-0.05, 0) is 12.1 Å². The highest BCUT2D eigenvalue weighted by molar-refractivity contribution is 7.71. The van der Waals surface area contributed by atoms with Crippen molar-refractivity contribution in [2.24, 2.45) is 0 Å². The van der Waals surface area contributed by atoms with Crippen molar-refractivity contribution >= 4 is 12.2 Å². The fraction of sp³-hybridized carbons (Fsp3) is 0.286. The van der Waals surface area contributed by atoms with Crippen LogP contribution in [0.4, 0.5) is 8.78 Å². The second-order valence-electron chi connectivity index (χ2n) is 3.92. The zero-order valence-corrected chi connectivity index (χ0v) is 11.7. The standard InChI is InChI=1S/C7H8FNO.C7H8FNS/c2*8-3-6-9-4-1-7(10)2-5-9/h2*1-2,4-5H,3,6H2. The molecule has 0 aliphatic heterocycles. The maximum Gasteiger partial charge on any atom is 0.181 e. The molecule has 0 radical (unpaired) electrons. The lowest BCUT2D eigenvalue weighted by molar-refractivity contribution is 0.444. The minimum atomic E-state index is -0.400. The number of aromatic nitrogens is 2. The first kappa shape index (κ1) is 16.2. The predicted molar refractivity (Wildman–Crippen MR) is 77.9 cm³/mol. The van der Waals surface area contributed by atoms with E-state index in [0.717, 1.165) is 4.51 Å². The summed E-state index contributed by atoms with van der Waals surface area (Å²) in [7, 11) is 0. The summed E-state index contributed by atoms with van der Waals surface area (Å²) in [5.41, 5.74) is -0.0462. The van der Waals surface area contributed by atoms with Crippen LogP contribution in [0.2, 0.25) is 0 Å². The van der Waals surface area contributed by atoms with Crippen LogP contribution in [-0.4, -0.2) is 22.5 Å². The molecule has 0 atom stereocenters. The van der Waals surface area contributed by atoms with Crippen molar-refractivity contribution in [1.82, 2.24) is 9.13 Å². The summed E-state index contributed by atoms with van der Waals surface area (Å²) in [6.45, 7) is 0.000204. The van der Waals surface area contributed by atoms with Gasteiger partial charge in [0.05, 0.1) is 13.1 Å². The Bertz CT molecular complexity index is 529. The Morgan fingerprint density at radius 1 is 0.850 bits per heavy atom. The van der Waals surface area contributed by atoms with Gasteiger partial charge in [0.25, 0.3) is 0 Å². The predicted octanol–water partition coefficient (Wildman–Crippen LogP) is 3.00. The molecule has 0 aliphatic rings. The lowest BCUT2D eigenvalue weighted by Gasteiger charge is -1.99. The van der Waals surface area contributed by atoms with Crippen molar-refractivity contribution in [1.29, 1.82) is 0 Å². The van der Waals surface area contributed by atoms with Crippen LogP contribution >= 0.6 is 12.2 Å². The normalized spacial score (nSPS) is 9.70. The molecular formula is C14H16F2N2OS. The summed E-state index contributed by atoms with van der Waals surface area (Å²) in [6.07, 6.45) is 6.70. The van der Waals surface area contributed by atoms with Crippen molar-refractivity contribution in [2.45, 2.75) is 13.1 Å². The lowest BCUT2D eigenvalue weighted by atomic mass is 10.4. The molecule has 0 aliphatic carbocycles. The Balaban J connectivity index is 0.000000200. The fourth-order valence-corrected chi connectivity index (χ4v) is 1.50. The van der Waals surface area contributed by atoms with Crippen molar-refractivity contribution in [3.63, 3.8) is 0 Å². The number of aryl methyl sites for hydroxylation is 2. The van der Waals surface area contributed by atoms with Crippen molar-refractivity contribution in [2.75, 3.05) is 13.3 Å². The van der Waals surface area contributed by atoms with E-state index in [2.05, 4.69) is 0 Å². The highest BCUT2D eigenvalue weighted by Gasteiger charge is 1.86. The van der Waals surface area contributed by atoms with Gasteiger partial charge in [0, 0.05) is 41.4 Å². The summed E-state index contributed by atoms with van der Waals surface area (Å²) in [6, 6.07) is 6.39. The van der Waals surface area contributed by atoms with Crippen LogP contribution in [0.3, 0.4) is 0 Å². The van der Waals surface area contributed by atoms with Gasteiger partial charge in [-0.1, -0.05) is 12.2 Å². The first-order valence-electron chi connectivity index (χ1n) is 6.10. The zero-order valence-electron chi connectivity index (χ0n) is 10.9. The van der Waals surface area contributed by atoms with Crippen molar-refractivity contribution in [3.05, 3.63) is 63.8 Å². The first-order valence-corrected chi connectivity index (χ1v) is 6.50. The van der Waals surface area contributed by atoms with Crippen LogP contribution in [0.15, 0.2) is 53.8 Å². The molecule has 20 heavy (non-hydrogen) atoms. The van der Waals surface area contributed by atoms with E-state index >= 15 is 0 Å². The molecule has 0 N–H and O–H groups in total. The first-order chi connectivity index (χ1) is 9.65. The quantitative estimate of drug-likeness (QED) is 0.811. The van der Waals surface area contributed by atoms with Crippen LogP contribution < -0.4 is 5.43 Å². The second kappa shape index (κ2) is 9.14. The van der Waals surface area contributed by atoms with Crippen LogP contribution in [0.1, 0.15) is 0 Å². The van der Waals surface area contributed by atoms with Gasteiger partial charge in [0.1, 0.15) is 13.3 Å². The van der Waals surface area contributed by atoms with Gasteiger partial charge < -0.3 is 9.13 Å². The molecule has 0 unspecified atom stereocenters. The SMILES string of the molecule is FCCn1ccc(=S)cc1.O=c1ccn(CCF)cc1. The number of rotatable bonds is 4. The Kier molecular flexibility index (Phi) is 7.42. The molecule has 3 nitrogen and oxygen atoms in total.